The summed E-state index contributed by atoms with van der Waals surface area (Å²) in [6.07, 6.45) is 7.67. The molecule has 2 atom stereocenters. The maximum atomic E-state index is 12.9. The maximum Gasteiger partial charge on any atom is 0.410 e. The highest BCUT2D eigenvalue weighted by molar-refractivity contribution is 5.99. The van der Waals surface area contributed by atoms with Crippen LogP contribution in [-0.2, 0) is 17.6 Å². The molecule has 0 bridgehead atoms. The number of unbranched alkanes of at least 4 members (excludes halogenated alkanes) is 1. The number of aryl methyl sites for hydroxylation is 1. The summed E-state index contributed by atoms with van der Waals surface area (Å²) in [6, 6.07) is 9.52. The lowest BCUT2D eigenvalue weighted by Crippen LogP contribution is -2.22. The molecule has 2 aromatic rings. The molecular weight excluding hydrogens is 434 g/mol. The summed E-state index contributed by atoms with van der Waals surface area (Å²) in [7, 11) is 1.28. The van der Waals surface area contributed by atoms with E-state index in [1.165, 1.54) is 24.9 Å². The molecule has 0 aliphatic heterocycles. The third-order valence-electron chi connectivity index (χ3n) is 5.78. The highest BCUT2D eigenvalue weighted by atomic mass is 16.5. The van der Waals surface area contributed by atoms with Crippen LogP contribution in [0.1, 0.15) is 79.6 Å². The molecule has 2 N–H and O–H groups in total. The minimum Gasteiger partial charge on any atom is -0.507 e. The number of aromatic hydroxyl groups is 1. The van der Waals surface area contributed by atoms with Gasteiger partial charge in [-0.15, -0.1) is 0 Å². The molecule has 0 saturated carbocycles. The Balaban J connectivity index is 2.01. The fraction of sp³-hybridized carbons (Fsp3) is 0.444. The third kappa shape index (κ3) is 7.90. The van der Waals surface area contributed by atoms with Gasteiger partial charge in [0.15, 0.2) is 5.78 Å². The zero-order valence-electron chi connectivity index (χ0n) is 20.4. The summed E-state index contributed by atoms with van der Waals surface area (Å²) < 4.78 is 9.85. The van der Waals surface area contributed by atoms with Gasteiger partial charge in [0.25, 0.3) is 0 Å². The number of alkyl carbamates (subject to hydrolysis) is 1. The SMILES string of the molecule is CCCCc1ccc(CC(C)C(=O)c2c(O)cc(C(C)CC/C=C/NC(=O)OC)oc2=O)cc1. The second-order valence-electron chi connectivity index (χ2n) is 8.60. The van der Waals surface area contributed by atoms with Crippen LogP contribution in [0, 0.1) is 5.92 Å². The molecule has 1 heterocycles. The summed E-state index contributed by atoms with van der Waals surface area (Å²) in [5.41, 5.74) is 1.15. The van der Waals surface area contributed by atoms with E-state index in [0.29, 0.717) is 25.0 Å². The molecule has 0 aliphatic carbocycles. The van der Waals surface area contributed by atoms with E-state index in [-0.39, 0.29) is 17.2 Å². The van der Waals surface area contributed by atoms with E-state index in [1.54, 1.807) is 13.0 Å². The van der Waals surface area contributed by atoms with Gasteiger partial charge in [0, 0.05) is 24.1 Å². The minimum atomic E-state index is -0.823. The van der Waals surface area contributed by atoms with E-state index in [9.17, 15) is 19.5 Å². The van der Waals surface area contributed by atoms with Crippen LogP contribution in [0.25, 0.3) is 0 Å². The Hall–Kier alpha value is -3.35. The number of methoxy groups -OCH3 is 1. The number of nitrogens with one attached hydrogen (secondary N) is 1. The first-order valence-corrected chi connectivity index (χ1v) is 11.7. The summed E-state index contributed by atoms with van der Waals surface area (Å²) in [6.45, 7) is 5.76. The Morgan fingerprint density at radius 1 is 1.18 bits per heavy atom. The molecule has 1 amide bonds. The number of ketones is 1. The lowest BCUT2D eigenvalue weighted by atomic mass is 9.92. The van der Waals surface area contributed by atoms with Crippen LogP contribution in [0.4, 0.5) is 4.79 Å². The van der Waals surface area contributed by atoms with Crippen molar-refractivity contribution in [3.8, 4) is 5.75 Å². The normalized spacial score (nSPS) is 12.9. The average Bonchev–Trinajstić information content (AvgIpc) is 2.82. The number of benzene rings is 1. The lowest BCUT2D eigenvalue weighted by molar-refractivity contribution is 0.0921. The maximum absolute atomic E-state index is 12.9. The molecule has 1 aromatic heterocycles. The smallest absolute Gasteiger partial charge is 0.410 e. The summed E-state index contributed by atoms with van der Waals surface area (Å²) in [5, 5.41) is 12.9. The van der Waals surface area contributed by atoms with Crippen LogP contribution in [0.3, 0.4) is 0 Å². The van der Waals surface area contributed by atoms with Crippen LogP contribution < -0.4 is 10.9 Å². The number of allylic oxidation sites excluding steroid dienone is 1. The van der Waals surface area contributed by atoms with E-state index >= 15 is 0 Å². The van der Waals surface area contributed by atoms with Gasteiger partial charge in [0.1, 0.15) is 17.1 Å². The molecule has 0 saturated heterocycles. The summed E-state index contributed by atoms with van der Waals surface area (Å²) in [4.78, 5) is 36.5. The van der Waals surface area contributed by atoms with Crippen LogP contribution >= 0.6 is 0 Å². The number of carbonyl (C=O) groups excluding carboxylic acids is 2. The van der Waals surface area contributed by atoms with E-state index in [4.69, 9.17) is 4.42 Å². The Bertz CT molecular complexity index is 1040. The molecular formula is C27H35NO6. The van der Waals surface area contributed by atoms with Crippen molar-refractivity contribution in [2.45, 2.75) is 65.2 Å². The average molecular weight is 470 g/mol. The monoisotopic (exact) mass is 469 g/mol. The van der Waals surface area contributed by atoms with Crippen LogP contribution in [0.2, 0.25) is 0 Å². The number of ether oxygens (including phenoxy) is 1. The van der Waals surface area contributed by atoms with E-state index in [2.05, 4.69) is 29.1 Å². The van der Waals surface area contributed by atoms with E-state index in [1.807, 2.05) is 19.1 Å². The van der Waals surface area contributed by atoms with Crippen molar-refractivity contribution in [2.24, 2.45) is 5.92 Å². The first-order valence-electron chi connectivity index (χ1n) is 11.7. The molecule has 7 heteroatoms. The van der Waals surface area contributed by atoms with Crippen LogP contribution in [0.5, 0.6) is 5.75 Å². The molecule has 2 rings (SSSR count). The number of carbonyl (C=O) groups is 2. The largest absolute Gasteiger partial charge is 0.507 e. The topological polar surface area (TPSA) is 106 Å². The van der Waals surface area contributed by atoms with Crippen molar-refractivity contribution in [2.75, 3.05) is 7.11 Å². The Morgan fingerprint density at radius 3 is 2.47 bits per heavy atom. The van der Waals surface area contributed by atoms with Crippen molar-refractivity contribution in [1.29, 1.82) is 0 Å². The Labute approximate surface area is 200 Å². The van der Waals surface area contributed by atoms with Gasteiger partial charge in [0.2, 0.25) is 0 Å². The number of Topliss-reactive ketones (excluding diaryl/α,β-unsaturated/α-hetero) is 1. The second kappa shape index (κ2) is 13.4. The second-order valence-corrected chi connectivity index (χ2v) is 8.60. The number of amides is 1. The van der Waals surface area contributed by atoms with Crippen molar-refractivity contribution < 1.29 is 23.8 Å². The van der Waals surface area contributed by atoms with Gasteiger partial charge in [-0.25, -0.2) is 9.59 Å². The molecule has 34 heavy (non-hydrogen) atoms. The fourth-order valence-electron chi connectivity index (χ4n) is 3.64. The van der Waals surface area contributed by atoms with Gasteiger partial charge in [-0.05, 0) is 43.2 Å². The van der Waals surface area contributed by atoms with Crippen LogP contribution in [-0.4, -0.2) is 24.1 Å². The summed E-state index contributed by atoms with van der Waals surface area (Å²) in [5.74, 6) is -1.13. The molecule has 0 radical (unpaired) electrons. The predicted octanol–water partition coefficient (Wildman–Crippen LogP) is 5.50. The lowest BCUT2D eigenvalue weighted by Gasteiger charge is -2.14. The van der Waals surface area contributed by atoms with Crippen molar-refractivity contribution >= 4 is 11.9 Å². The number of rotatable bonds is 12. The first-order chi connectivity index (χ1) is 16.3. The van der Waals surface area contributed by atoms with Gasteiger partial charge in [0.05, 0.1) is 7.11 Å². The first kappa shape index (κ1) is 26.9. The van der Waals surface area contributed by atoms with Crippen LogP contribution in [0.15, 0.2) is 51.8 Å². The molecule has 0 fully saturated rings. The molecule has 2 unspecified atom stereocenters. The van der Waals surface area contributed by atoms with Gasteiger partial charge >= 0.3 is 11.7 Å². The number of hydrogen-bond acceptors (Lipinski definition) is 6. The van der Waals surface area contributed by atoms with Gasteiger partial charge in [-0.2, -0.15) is 0 Å². The predicted molar refractivity (Wildman–Crippen MR) is 131 cm³/mol. The number of hydrogen-bond donors (Lipinski definition) is 2. The van der Waals surface area contributed by atoms with Gasteiger partial charge in [-0.1, -0.05) is 57.5 Å². The molecule has 7 nitrogen and oxygen atoms in total. The standard InChI is InChI=1S/C27H35NO6/c1-5-6-10-20-11-13-21(14-12-20)16-19(3)25(30)24-22(29)17-23(34-26(24)31)18(2)9-7-8-15-28-27(32)33-4/h8,11-15,17-19,29H,5-7,9-10,16H2,1-4H3,(H,28,32)/b15-8+. The van der Waals surface area contributed by atoms with E-state index < -0.39 is 23.4 Å². The zero-order chi connectivity index (χ0) is 25.1. The third-order valence-corrected chi connectivity index (χ3v) is 5.78. The fourth-order valence-corrected chi connectivity index (χ4v) is 3.64. The van der Waals surface area contributed by atoms with Crippen molar-refractivity contribution in [3.63, 3.8) is 0 Å². The molecule has 1 aromatic carbocycles. The Morgan fingerprint density at radius 2 is 1.85 bits per heavy atom. The van der Waals surface area contributed by atoms with Gasteiger partial charge in [-0.3, -0.25) is 10.1 Å². The van der Waals surface area contributed by atoms with Gasteiger partial charge < -0.3 is 14.3 Å². The molecule has 0 aliphatic rings. The quantitative estimate of drug-likeness (QED) is 0.398. The molecule has 184 valence electrons. The van der Waals surface area contributed by atoms with E-state index in [0.717, 1.165) is 24.8 Å². The highest BCUT2D eigenvalue weighted by Gasteiger charge is 2.25. The molecule has 0 spiro atoms. The highest BCUT2D eigenvalue weighted by Crippen LogP contribution is 2.26. The van der Waals surface area contributed by atoms with Crippen molar-refractivity contribution in [3.05, 3.63) is 75.5 Å². The van der Waals surface area contributed by atoms with Crippen molar-refractivity contribution in [1.82, 2.24) is 5.32 Å². The summed E-state index contributed by atoms with van der Waals surface area (Å²) >= 11 is 0. The minimum absolute atomic E-state index is 0.172. The Kier molecular flexibility index (Phi) is 10.6. The zero-order valence-corrected chi connectivity index (χ0v) is 20.4.